The number of nitrogens with zero attached hydrogens (tertiary/aromatic N) is 1. The van der Waals surface area contributed by atoms with Gasteiger partial charge < -0.3 is 15.5 Å². The molecule has 6 heteroatoms. The molecule has 5 nitrogen and oxygen atoms in total. The summed E-state index contributed by atoms with van der Waals surface area (Å²) in [5, 5.41) is 6.03. The summed E-state index contributed by atoms with van der Waals surface area (Å²) in [6, 6.07) is 6.37. The van der Waals surface area contributed by atoms with E-state index >= 15 is 0 Å². The van der Waals surface area contributed by atoms with E-state index in [1.807, 2.05) is 11.0 Å². The number of benzene rings is 1. The monoisotopic (exact) mass is 335 g/mol. The van der Waals surface area contributed by atoms with E-state index in [1.54, 1.807) is 6.07 Å². The number of carbonyl (C=O) groups is 2. The fourth-order valence-corrected chi connectivity index (χ4v) is 3.00. The maximum atomic E-state index is 13.5. The molecule has 2 N–H and O–H groups in total. The summed E-state index contributed by atoms with van der Waals surface area (Å²) in [5.74, 6) is -0.182. The van der Waals surface area contributed by atoms with E-state index in [0.29, 0.717) is 26.1 Å². The summed E-state index contributed by atoms with van der Waals surface area (Å²) < 4.78 is 13.5. The van der Waals surface area contributed by atoms with Gasteiger partial charge in [0.2, 0.25) is 11.8 Å². The van der Waals surface area contributed by atoms with Gasteiger partial charge in [-0.25, -0.2) is 4.39 Å². The van der Waals surface area contributed by atoms with Crippen LogP contribution in [-0.2, 0) is 9.59 Å². The molecular formula is C18H26FN3O2. The molecule has 1 aliphatic rings. The van der Waals surface area contributed by atoms with E-state index in [1.165, 1.54) is 19.1 Å². The van der Waals surface area contributed by atoms with Crippen LogP contribution in [0.1, 0.15) is 44.2 Å². The molecule has 0 radical (unpaired) electrons. The van der Waals surface area contributed by atoms with E-state index in [-0.39, 0.29) is 23.7 Å². The minimum atomic E-state index is -0.275. The second-order valence-electron chi connectivity index (χ2n) is 6.16. The first kappa shape index (κ1) is 18.4. The Labute approximate surface area is 142 Å². The van der Waals surface area contributed by atoms with Crippen molar-refractivity contribution >= 4 is 11.8 Å². The highest BCUT2D eigenvalue weighted by molar-refractivity contribution is 5.77. The predicted molar refractivity (Wildman–Crippen MR) is 90.9 cm³/mol. The van der Waals surface area contributed by atoms with E-state index in [4.69, 9.17) is 0 Å². The first-order valence-corrected chi connectivity index (χ1v) is 8.58. The molecule has 1 saturated heterocycles. The average Bonchev–Trinajstić information content (AvgIpc) is 2.57. The van der Waals surface area contributed by atoms with E-state index < -0.39 is 0 Å². The molecule has 2 rings (SSSR count). The zero-order valence-electron chi connectivity index (χ0n) is 14.2. The van der Waals surface area contributed by atoms with Crippen LogP contribution in [0.2, 0.25) is 0 Å². The van der Waals surface area contributed by atoms with Gasteiger partial charge in [-0.2, -0.15) is 0 Å². The van der Waals surface area contributed by atoms with Gasteiger partial charge in [-0.3, -0.25) is 9.59 Å². The Morgan fingerprint density at radius 3 is 2.92 bits per heavy atom. The Balaban J connectivity index is 1.83. The van der Waals surface area contributed by atoms with Crippen LogP contribution >= 0.6 is 0 Å². The lowest BCUT2D eigenvalue weighted by atomic mass is 10.0. The molecule has 1 heterocycles. The van der Waals surface area contributed by atoms with Gasteiger partial charge in [0.25, 0.3) is 0 Å². The number of nitrogens with one attached hydrogen (secondary N) is 2. The van der Waals surface area contributed by atoms with Gasteiger partial charge >= 0.3 is 0 Å². The van der Waals surface area contributed by atoms with Crippen molar-refractivity contribution in [3.8, 4) is 0 Å². The van der Waals surface area contributed by atoms with Crippen LogP contribution in [0.4, 0.5) is 4.39 Å². The van der Waals surface area contributed by atoms with Crippen LogP contribution in [0.25, 0.3) is 0 Å². The van der Waals surface area contributed by atoms with E-state index in [0.717, 1.165) is 31.4 Å². The highest BCUT2D eigenvalue weighted by Crippen LogP contribution is 2.24. The van der Waals surface area contributed by atoms with Crippen molar-refractivity contribution in [2.24, 2.45) is 0 Å². The van der Waals surface area contributed by atoms with Gasteiger partial charge in [0.15, 0.2) is 0 Å². The summed E-state index contributed by atoms with van der Waals surface area (Å²) in [6.45, 7) is 4.22. The maximum Gasteiger partial charge on any atom is 0.223 e. The van der Waals surface area contributed by atoms with E-state index in [9.17, 15) is 14.0 Å². The highest BCUT2D eigenvalue weighted by atomic mass is 19.1. The molecule has 1 aliphatic heterocycles. The molecule has 1 unspecified atom stereocenters. The van der Waals surface area contributed by atoms with Crippen molar-refractivity contribution in [2.75, 3.05) is 26.2 Å². The van der Waals surface area contributed by atoms with Gasteiger partial charge in [-0.05, 0) is 30.5 Å². The number of unbranched alkanes of at least 4 members (excludes halogenated alkanes) is 2. The largest absolute Gasteiger partial charge is 0.356 e. The summed E-state index contributed by atoms with van der Waals surface area (Å²) in [4.78, 5) is 25.2. The van der Waals surface area contributed by atoms with Crippen molar-refractivity contribution in [3.63, 3.8) is 0 Å². The minimum Gasteiger partial charge on any atom is -0.356 e. The Morgan fingerprint density at radius 1 is 1.33 bits per heavy atom. The zero-order valence-corrected chi connectivity index (χ0v) is 14.2. The molecule has 1 aromatic rings. The third kappa shape index (κ3) is 5.60. The number of amides is 2. The number of rotatable bonds is 7. The van der Waals surface area contributed by atoms with Gasteiger partial charge in [0, 0.05) is 39.5 Å². The summed E-state index contributed by atoms with van der Waals surface area (Å²) in [6.07, 6.45) is 3.08. The summed E-state index contributed by atoms with van der Waals surface area (Å²) in [7, 11) is 0. The SMILES string of the molecule is CC(=O)NCCCCCC(=O)N1CCNCC1c1cccc(F)c1. The number of carbonyl (C=O) groups excluding carboxylic acids is 2. The second kappa shape index (κ2) is 9.37. The van der Waals surface area contributed by atoms with Crippen LogP contribution in [-0.4, -0.2) is 42.9 Å². The van der Waals surface area contributed by atoms with Gasteiger partial charge in [-0.1, -0.05) is 18.6 Å². The molecule has 1 atom stereocenters. The molecule has 24 heavy (non-hydrogen) atoms. The number of piperazine rings is 1. The molecule has 0 saturated carbocycles. The van der Waals surface area contributed by atoms with Crippen molar-refractivity contribution in [1.82, 2.24) is 15.5 Å². The van der Waals surface area contributed by atoms with Crippen molar-refractivity contribution < 1.29 is 14.0 Å². The molecule has 132 valence electrons. The Morgan fingerprint density at radius 2 is 2.17 bits per heavy atom. The normalized spacial score (nSPS) is 17.6. The maximum absolute atomic E-state index is 13.5. The Hall–Kier alpha value is -1.95. The van der Waals surface area contributed by atoms with Gasteiger partial charge in [0.05, 0.1) is 6.04 Å². The second-order valence-corrected chi connectivity index (χ2v) is 6.16. The smallest absolute Gasteiger partial charge is 0.223 e. The summed E-state index contributed by atoms with van der Waals surface area (Å²) >= 11 is 0. The molecule has 0 aliphatic carbocycles. The molecule has 0 bridgehead atoms. The fraction of sp³-hybridized carbons (Fsp3) is 0.556. The van der Waals surface area contributed by atoms with Crippen LogP contribution in [0.5, 0.6) is 0 Å². The Bertz CT molecular complexity index is 565. The molecule has 0 aromatic heterocycles. The lowest BCUT2D eigenvalue weighted by Crippen LogP contribution is -2.48. The zero-order chi connectivity index (χ0) is 17.4. The first-order valence-electron chi connectivity index (χ1n) is 8.58. The molecule has 1 aromatic carbocycles. The standard InChI is InChI=1S/C18H26FN3O2/c1-14(23)21-9-4-2-3-8-18(24)22-11-10-20-13-17(22)15-6-5-7-16(19)12-15/h5-7,12,17,20H,2-4,8-11,13H2,1H3,(H,21,23). The molecule has 2 amide bonds. The van der Waals surface area contributed by atoms with E-state index in [2.05, 4.69) is 10.6 Å². The van der Waals surface area contributed by atoms with Crippen LogP contribution in [0.15, 0.2) is 24.3 Å². The topological polar surface area (TPSA) is 61.4 Å². The lowest BCUT2D eigenvalue weighted by Gasteiger charge is -2.36. The van der Waals surface area contributed by atoms with Crippen molar-refractivity contribution in [3.05, 3.63) is 35.6 Å². The third-order valence-corrected chi connectivity index (χ3v) is 4.24. The van der Waals surface area contributed by atoms with Crippen LogP contribution < -0.4 is 10.6 Å². The van der Waals surface area contributed by atoms with Gasteiger partial charge in [0.1, 0.15) is 5.82 Å². The average molecular weight is 335 g/mol. The molecule has 0 spiro atoms. The third-order valence-electron chi connectivity index (χ3n) is 4.24. The van der Waals surface area contributed by atoms with Crippen molar-refractivity contribution in [2.45, 2.75) is 38.6 Å². The van der Waals surface area contributed by atoms with Crippen molar-refractivity contribution in [1.29, 1.82) is 0 Å². The minimum absolute atomic E-state index is 0.0233. The quantitative estimate of drug-likeness (QED) is 0.749. The summed E-state index contributed by atoms with van der Waals surface area (Å²) in [5.41, 5.74) is 0.834. The number of hydrogen-bond acceptors (Lipinski definition) is 3. The highest BCUT2D eigenvalue weighted by Gasteiger charge is 2.27. The van der Waals surface area contributed by atoms with Gasteiger partial charge in [-0.15, -0.1) is 0 Å². The number of halogens is 1. The number of hydrogen-bond donors (Lipinski definition) is 2. The van der Waals surface area contributed by atoms with Crippen LogP contribution in [0, 0.1) is 5.82 Å². The molecule has 1 fully saturated rings. The fourth-order valence-electron chi connectivity index (χ4n) is 3.00. The van der Waals surface area contributed by atoms with Crippen LogP contribution in [0.3, 0.4) is 0 Å². The first-order chi connectivity index (χ1) is 11.6. The predicted octanol–water partition coefficient (Wildman–Crippen LogP) is 2.00. The lowest BCUT2D eigenvalue weighted by molar-refractivity contribution is -0.134. The Kier molecular flexibility index (Phi) is 7.18. The molecular weight excluding hydrogens is 309 g/mol.